The van der Waals surface area contributed by atoms with Gasteiger partial charge in [-0.05, 0) is 13.3 Å². The molecule has 2 saturated heterocycles. The summed E-state index contributed by atoms with van der Waals surface area (Å²) in [5.41, 5.74) is 1.48. The van der Waals surface area contributed by atoms with Crippen LogP contribution in [-0.2, 0) is 23.7 Å². The first kappa shape index (κ1) is 17.1. The van der Waals surface area contributed by atoms with Crippen LogP contribution in [0, 0.1) is 10.8 Å². The Morgan fingerprint density at radius 2 is 1.52 bits per heavy atom. The van der Waals surface area contributed by atoms with Crippen molar-refractivity contribution in [2.24, 2.45) is 10.8 Å². The predicted molar refractivity (Wildman–Crippen MR) is 84.8 cm³/mol. The molecule has 0 saturated carbocycles. The Balaban J connectivity index is 2.01. The molecule has 2 heterocycles. The number of carbonyl (C=O) groups is 1. The Morgan fingerprint density at radius 1 is 0.957 bits per heavy atom. The molecule has 0 aromatic rings. The van der Waals surface area contributed by atoms with Gasteiger partial charge in [0, 0.05) is 22.8 Å². The maximum Gasteiger partial charge on any atom is 0.250 e. The minimum Gasteiger partial charge on any atom is -0.348 e. The molecule has 2 aliphatic heterocycles. The van der Waals surface area contributed by atoms with Crippen molar-refractivity contribution in [1.82, 2.24) is 0 Å². The summed E-state index contributed by atoms with van der Waals surface area (Å²) in [5.74, 6) is -2.02. The number of ether oxygens (including phenoxy) is 4. The molecule has 23 heavy (non-hydrogen) atoms. The van der Waals surface area contributed by atoms with Crippen molar-refractivity contribution < 1.29 is 23.7 Å². The van der Waals surface area contributed by atoms with Crippen molar-refractivity contribution in [2.45, 2.75) is 59.0 Å². The van der Waals surface area contributed by atoms with Crippen LogP contribution in [0.4, 0.5) is 0 Å². The van der Waals surface area contributed by atoms with Crippen LogP contribution in [0.1, 0.15) is 47.5 Å². The molecule has 0 unspecified atom stereocenters. The second-order valence-corrected chi connectivity index (χ2v) is 8.26. The number of carbonyl (C=O) groups excluding carboxylic acids is 1. The Hall–Kier alpha value is -0.750. The molecule has 130 valence electrons. The topological polar surface area (TPSA) is 54.0 Å². The molecule has 1 spiro atoms. The first-order valence-corrected chi connectivity index (χ1v) is 8.41. The fourth-order valence-electron chi connectivity index (χ4n) is 4.16. The van der Waals surface area contributed by atoms with Gasteiger partial charge in [-0.1, -0.05) is 33.3 Å². The third kappa shape index (κ3) is 2.49. The highest BCUT2D eigenvalue weighted by molar-refractivity contribution is 5.68. The molecular weight excluding hydrogens is 296 g/mol. The Bertz CT molecular complexity index is 516. The van der Waals surface area contributed by atoms with E-state index in [-0.39, 0.29) is 5.41 Å². The van der Waals surface area contributed by atoms with E-state index < -0.39 is 17.0 Å². The van der Waals surface area contributed by atoms with Crippen LogP contribution < -0.4 is 0 Å². The molecule has 0 amide bonds. The fraction of sp³-hybridized carbons (Fsp3) is 0.833. The van der Waals surface area contributed by atoms with Gasteiger partial charge in [0.2, 0.25) is 5.79 Å². The number of rotatable bonds is 2. The molecule has 2 fully saturated rings. The Morgan fingerprint density at radius 3 is 2.04 bits per heavy atom. The van der Waals surface area contributed by atoms with Crippen LogP contribution in [0.15, 0.2) is 11.1 Å². The lowest BCUT2D eigenvalue weighted by Gasteiger charge is -2.56. The fourth-order valence-corrected chi connectivity index (χ4v) is 4.16. The molecular formula is C18H28O5. The summed E-state index contributed by atoms with van der Waals surface area (Å²) in [5, 5.41) is 0. The van der Waals surface area contributed by atoms with E-state index in [2.05, 4.69) is 27.7 Å². The van der Waals surface area contributed by atoms with Crippen molar-refractivity contribution >= 4 is 6.29 Å². The second kappa shape index (κ2) is 5.38. The standard InChI is InChI=1S/C18H28O5/c1-13-6-7-18(22-11-15(2,3)12-23-18)16(4,5)14(13)17(10-19)20-8-9-21-17/h10H,6-9,11-12H2,1-5H3. The molecule has 3 aliphatic rings. The van der Waals surface area contributed by atoms with E-state index in [9.17, 15) is 4.79 Å². The summed E-state index contributed by atoms with van der Waals surface area (Å²) >= 11 is 0. The Kier molecular flexibility index (Phi) is 4.00. The number of allylic oxidation sites excluding steroid dienone is 1. The molecule has 1 aliphatic carbocycles. The van der Waals surface area contributed by atoms with E-state index in [1.165, 1.54) is 0 Å². The molecule has 0 aromatic carbocycles. The molecule has 0 N–H and O–H groups in total. The van der Waals surface area contributed by atoms with E-state index in [1.807, 2.05) is 6.92 Å². The van der Waals surface area contributed by atoms with Crippen LogP contribution in [0.3, 0.4) is 0 Å². The maximum atomic E-state index is 11.9. The van der Waals surface area contributed by atoms with Crippen LogP contribution in [0.2, 0.25) is 0 Å². The Labute approximate surface area is 138 Å². The highest BCUT2D eigenvalue weighted by Crippen LogP contribution is 2.56. The molecule has 5 heteroatoms. The lowest BCUT2D eigenvalue weighted by molar-refractivity contribution is -0.345. The second-order valence-electron chi connectivity index (χ2n) is 8.26. The van der Waals surface area contributed by atoms with Gasteiger partial charge >= 0.3 is 0 Å². The summed E-state index contributed by atoms with van der Waals surface area (Å²) in [6.07, 6.45) is 2.37. The predicted octanol–water partition coefficient (Wildman–Crippen LogP) is 2.83. The highest BCUT2D eigenvalue weighted by atomic mass is 16.7. The van der Waals surface area contributed by atoms with Gasteiger partial charge in [-0.2, -0.15) is 0 Å². The lowest BCUT2D eigenvalue weighted by atomic mass is 9.65. The van der Waals surface area contributed by atoms with Crippen molar-refractivity contribution in [3.63, 3.8) is 0 Å². The molecule has 0 radical (unpaired) electrons. The van der Waals surface area contributed by atoms with Gasteiger partial charge in [-0.3, -0.25) is 4.79 Å². The zero-order chi connectivity index (χ0) is 16.9. The molecule has 0 bridgehead atoms. The maximum absolute atomic E-state index is 11.9. The van der Waals surface area contributed by atoms with Crippen LogP contribution in [-0.4, -0.2) is 44.3 Å². The third-order valence-corrected chi connectivity index (χ3v) is 5.45. The normalized spacial score (nSPS) is 31.3. The third-order valence-electron chi connectivity index (χ3n) is 5.45. The minimum absolute atomic E-state index is 0.000401. The van der Waals surface area contributed by atoms with Gasteiger partial charge in [0.25, 0.3) is 0 Å². The van der Waals surface area contributed by atoms with Crippen LogP contribution in [0.25, 0.3) is 0 Å². The molecule has 5 nitrogen and oxygen atoms in total. The monoisotopic (exact) mass is 324 g/mol. The smallest absolute Gasteiger partial charge is 0.250 e. The van der Waals surface area contributed by atoms with E-state index in [1.54, 1.807) is 0 Å². The summed E-state index contributed by atoms with van der Waals surface area (Å²) in [7, 11) is 0. The van der Waals surface area contributed by atoms with Crippen molar-refractivity contribution in [2.75, 3.05) is 26.4 Å². The lowest BCUT2D eigenvalue weighted by Crippen LogP contribution is -2.61. The highest BCUT2D eigenvalue weighted by Gasteiger charge is 2.61. The number of aldehydes is 1. The van der Waals surface area contributed by atoms with Gasteiger partial charge in [-0.25, -0.2) is 0 Å². The van der Waals surface area contributed by atoms with Gasteiger partial charge in [0.05, 0.1) is 26.4 Å². The van der Waals surface area contributed by atoms with Gasteiger partial charge < -0.3 is 18.9 Å². The van der Waals surface area contributed by atoms with Crippen LogP contribution >= 0.6 is 0 Å². The van der Waals surface area contributed by atoms with Gasteiger partial charge in [0.15, 0.2) is 12.1 Å². The van der Waals surface area contributed by atoms with Gasteiger partial charge in [0.1, 0.15) is 0 Å². The average Bonchev–Trinajstić information content (AvgIpc) is 2.95. The van der Waals surface area contributed by atoms with E-state index in [0.717, 1.165) is 30.3 Å². The zero-order valence-corrected chi connectivity index (χ0v) is 14.9. The largest absolute Gasteiger partial charge is 0.348 e. The first-order valence-electron chi connectivity index (χ1n) is 8.41. The minimum atomic E-state index is -1.29. The molecule has 3 rings (SSSR count). The molecule has 0 atom stereocenters. The van der Waals surface area contributed by atoms with Crippen molar-refractivity contribution in [1.29, 1.82) is 0 Å². The number of hydrogen-bond donors (Lipinski definition) is 0. The summed E-state index contributed by atoms with van der Waals surface area (Å²) < 4.78 is 24.1. The summed E-state index contributed by atoms with van der Waals surface area (Å²) in [6.45, 7) is 12.6. The van der Waals surface area contributed by atoms with Crippen molar-refractivity contribution in [3.8, 4) is 0 Å². The van der Waals surface area contributed by atoms with Crippen molar-refractivity contribution in [3.05, 3.63) is 11.1 Å². The summed E-state index contributed by atoms with van der Waals surface area (Å²) in [4.78, 5) is 11.9. The van der Waals surface area contributed by atoms with Gasteiger partial charge in [-0.15, -0.1) is 0 Å². The van der Waals surface area contributed by atoms with E-state index in [4.69, 9.17) is 18.9 Å². The van der Waals surface area contributed by atoms with E-state index in [0.29, 0.717) is 26.4 Å². The van der Waals surface area contributed by atoms with Crippen LogP contribution in [0.5, 0.6) is 0 Å². The zero-order valence-electron chi connectivity index (χ0n) is 14.9. The number of hydrogen-bond acceptors (Lipinski definition) is 5. The average molecular weight is 324 g/mol. The first-order chi connectivity index (χ1) is 10.7. The van der Waals surface area contributed by atoms with E-state index >= 15 is 0 Å². The molecule has 0 aromatic heterocycles. The quantitative estimate of drug-likeness (QED) is 0.577. The summed E-state index contributed by atoms with van der Waals surface area (Å²) in [6, 6.07) is 0. The SMILES string of the molecule is CC1=C(C2(C=O)OCCO2)C(C)(C)C2(CC1)OCC(C)(C)CO2.